The largest absolute Gasteiger partial charge is 0.412 e. The number of benzene rings is 1. The summed E-state index contributed by atoms with van der Waals surface area (Å²) < 4.78 is 24.2. The van der Waals surface area contributed by atoms with Crippen molar-refractivity contribution in [1.29, 1.82) is 0 Å². The van der Waals surface area contributed by atoms with Crippen LogP contribution in [0.2, 0.25) is 0 Å². The summed E-state index contributed by atoms with van der Waals surface area (Å²) in [4.78, 5) is 11.1. The van der Waals surface area contributed by atoms with Crippen molar-refractivity contribution < 1.29 is 18.7 Å². The summed E-state index contributed by atoms with van der Waals surface area (Å²) in [7, 11) is -3.55. The van der Waals surface area contributed by atoms with Gasteiger partial charge in [-0.25, -0.2) is 13.1 Å². The van der Waals surface area contributed by atoms with Crippen LogP contribution in [-0.4, -0.2) is 19.8 Å². The Kier molecular flexibility index (Phi) is 3.39. The van der Waals surface area contributed by atoms with Crippen molar-refractivity contribution in [2.24, 2.45) is 0 Å². The molecule has 1 aliphatic heterocycles. The number of hydrogen-bond acceptors (Lipinski definition) is 3. The lowest BCUT2D eigenvalue weighted by Crippen LogP contribution is -2.20. The fraction of sp³-hybridized carbons (Fsp3) is 0.125. The minimum atomic E-state index is -3.55. The highest BCUT2D eigenvalue weighted by atomic mass is 32.2. The van der Waals surface area contributed by atoms with E-state index < -0.39 is 15.9 Å². The highest BCUT2D eigenvalue weighted by Crippen LogP contribution is 2.20. The second kappa shape index (κ2) is 3.77. The third-order valence-electron chi connectivity index (χ3n) is 1.65. The lowest BCUT2D eigenvalue weighted by Gasteiger charge is -1.91. The van der Waals surface area contributed by atoms with Crippen LogP contribution in [-0.2, 0) is 10.0 Å². The molecule has 5 nitrogen and oxygen atoms in total. The molecule has 6 heteroatoms. The molecule has 0 aliphatic carbocycles. The van der Waals surface area contributed by atoms with Crippen LogP contribution in [0.25, 0.3) is 0 Å². The van der Waals surface area contributed by atoms with Crippen molar-refractivity contribution in [3.8, 4) is 0 Å². The summed E-state index contributed by atoms with van der Waals surface area (Å²) in [6.45, 7) is 0. The zero-order valence-electron chi connectivity index (χ0n) is 6.44. The van der Waals surface area contributed by atoms with Crippen molar-refractivity contribution in [2.75, 3.05) is 0 Å². The maximum absolute atomic E-state index is 11.1. The molecule has 0 saturated carbocycles. The highest BCUT2D eigenvalue weighted by molar-refractivity contribution is 7.90. The Bertz CT molecular complexity index is 452. The zero-order valence-corrected chi connectivity index (χ0v) is 7.26. The van der Waals surface area contributed by atoms with Gasteiger partial charge in [0.05, 0.1) is 5.56 Å². The predicted molar refractivity (Wildman–Crippen MR) is 51.4 cm³/mol. The number of carbonyl (C=O) groups is 1. The summed E-state index contributed by atoms with van der Waals surface area (Å²) in [6, 6.07) is 6.09. The molecule has 1 amide bonds. The van der Waals surface area contributed by atoms with Crippen molar-refractivity contribution in [3.05, 3.63) is 29.8 Å². The molecule has 0 bridgehead atoms. The van der Waals surface area contributed by atoms with Crippen molar-refractivity contribution in [1.82, 2.24) is 4.72 Å². The lowest BCUT2D eigenvalue weighted by molar-refractivity contribution is 0.0985. The van der Waals surface area contributed by atoms with Gasteiger partial charge in [0.15, 0.2) is 0 Å². The molecule has 0 saturated heterocycles. The molecule has 14 heavy (non-hydrogen) atoms. The van der Waals surface area contributed by atoms with E-state index in [1.807, 2.05) is 4.72 Å². The van der Waals surface area contributed by atoms with E-state index in [0.29, 0.717) is 0 Å². The summed E-state index contributed by atoms with van der Waals surface area (Å²) in [5, 5.41) is 0. The van der Waals surface area contributed by atoms with Crippen LogP contribution < -0.4 is 4.72 Å². The molecule has 1 aromatic rings. The Morgan fingerprint density at radius 3 is 2.29 bits per heavy atom. The number of rotatable bonds is 0. The first-order chi connectivity index (χ1) is 5.61. The number of sulfonamides is 1. The van der Waals surface area contributed by atoms with E-state index in [4.69, 9.17) is 0 Å². The van der Waals surface area contributed by atoms with Crippen LogP contribution in [0.15, 0.2) is 29.2 Å². The number of hydrogen-bond donors (Lipinski definition) is 1. The van der Waals surface area contributed by atoms with Gasteiger partial charge in [-0.3, -0.25) is 4.79 Å². The summed E-state index contributed by atoms with van der Waals surface area (Å²) in [5.74, 6) is -0.550. The topological polar surface area (TPSA) is 94.7 Å². The molecule has 3 N–H and O–H groups in total. The minimum absolute atomic E-state index is 0. The fourth-order valence-corrected chi connectivity index (χ4v) is 2.29. The molecular weight excluding hydrogens is 206 g/mol. The Morgan fingerprint density at radius 1 is 1.14 bits per heavy atom. The van der Waals surface area contributed by atoms with Gasteiger partial charge < -0.3 is 5.48 Å². The van der Waals surface area contributed by atoms with E-state index in [0.717, 1.165) is 0 Å². The van der Waals surface area contributed by atoms with Crippen LogP contribution in [0.5, 0.6) is 0 Å². The molecule has 0 aromatic heterocycles. The molecule has 2 rings (SSSR count). The van der Waals surface area contributed by atoms with Crippen molar-refractivity contribution in [2.45, 2.75) is 12.3 Å². The molecule has 1 aliphatic rings. The Hall–Kier alpha value is -1.40. The first-order valence-corrected chi connectivity index (χ1v) is 4.76. The smallest absolute Gasteiger partial charge is 0.266 e. The molecular formula is C8H11NO4S. The van der Waals surface area contributed by atoms with Gasteiger partial charge in [-0.1, -0.05) is 19.6 Å². The molecule has 0 unspecified atom stereocenters. The maximum atomic E-state index is 11.1. The molecule has 1 heterocycles. The van der Waals surface area contributed by atoms with Gasteiger partial charge in [0, 0.05) is 0 Å². The van der Waals surface area contributed by atoms with Gasteiger partial charge >= 0.3 is 0 Å². The van der Waals surface area contributed by atoms with Crippen LogP contribution in [0.3, 0.4) is 0 Å². The first kappa shape index (κ1) is 12.6. The Labute approximate surface area is 82.1 Å². The quantitative estimate of drug-likeness (QED) is 0.659. The first-order valence-electron chi connectivity index (χ1n) is 3.27. The van der Waals surface area contributed by atoms with E-state index in [-0.39, 0.29) is 23.4 Å². The maximum Gasteiger partial charge on any atom is 0.266 e. The van der Waals surface area contributed by atoms with E-state index in [1.165, 1.54) is 12.1 Å². The van der Waals surface area contributed by atoms with Gasteiger partial charge in [0.2, 0.25) is 0 Å². The van der Waals surface area contributed by atoms with Gasteiger partial charge in [0.1, 0.15) is 4.90 Å². The Balaban J connectivity index is 0.000000845. The molecule has 78 valence electrons. The number of fused-ring (bicyclic) bond motifs is 1. The van der Waals surface area contributed by atoms with Gasteiger partial charge in [0.25, 0.3) is 15.9 Å². The third kappa shape index (κ3) is 1.61. The number of amides is 1. The zero-order chi connectivity index (χ0) is 8.77. The molecule has 0 spiro atoms. The molecule has 1 aromatic carbocycles. The second-order valence-electron chi connectivity index (χ2n) is 2.43. The number of nitrogens with one attached hydrogen (secondary N) is 1. The summed E-state index contributed by atoms with van der Waals surface area (Å²) in [6.07, 6.45) is 0. The van der Waals surface area contributed by atoms with Gasteiger partial charge in [-0.05, 0) is 12.1 Å². The monoisotopic (exact) mass is 217 g/mol. The van der Waals surface area contributed by atoms with Gasteiger partial charge in [-0.2, -0.15) is 0 Å². The van der Waals surface area contributed by atoms with Crippen LogP contribution >= 0.6 is 0 Å². The van der Waals surface area contributed by atoms with Crippen LogP contribution in [0.1, 0.15) is 17.8 Å². The second-order valence-corrected chi connectivity index (χ2v) is 4.08. The third-order valence-corrected chi connectivity index (χ3v) is 3.04. The SMILES string of the molecule is C.O.O=C1NS(=O)(=O)c2ccccc21. The normalized spacial score (nSPS) is 15.9. The molecule has 0 fully saturated rings. The minimum Gasteiger partial charge on any atom is -0.412 e. The molecule has 0 radical (unpaired) electrons. The van der Waals surface area contributed by atoms with E-state index in [9.17, 15) is 13.2 Å². The molecule has 0 atom stereocenters. The van der Waals surface area contributed by atoms with Crippen LogP contribution in [0.4, 0.5) is 0 Å². The van der Waals surface area contributed by atoms with Gasteiger partial charge in [-0.15, -0.1) is 0 Å². The average Bonchev–Trinajstić information content (AvgIpc) is 2.25. The highest BCUT2D eigenvalue weighted by Gasteiger charge is 2.31. The van der Waals surface area contributed by atoms with Crippen molar-refractivity contribution in [3.63, 3.8) is 0 Å². The van der Waals surface area contributed by atoms with Crippen molar-refractivity contribution >= 4 is 15.9 Å². The summed E-state index contributed by atoms with van der Waals surface area (Å²) >= 11 is 0. The van der Waals surface area contributed by atoms with Crippen LogP contribution in [0, 0.1) is 0 Å². The predicted octanol–water partition coefficient (Wildman–Crippen LogP) is -0.0699. The van der Waals surface area contributed by atoms with E-state index in [2.05, 4.69) is 0 Å². The van der Waals surface area contributed by atoms with E-state index >= 15 is 0 Å². The standard InChI is InChI=1S/C7H5NO3S.CH4.H2O/c9-7-5-3-1-2-4-6(5)12(10,11)8-7;;/h1-4H,(H,8,9);1H4;1H2. The lowest BCUT2D eigenvalue weighted by atomic mass is 10.2. The average molecular weight is 217 g/mol. The fourth-order valence-electron chi connectivity index (χ4n) is 1.12. The number of carbonyl (C=O) groups excluding carboxylic acids is 1. The Morgan fingerprint density at radius 2 is 1.71 bits per heavy atom. The van der Waals surface area contributed by atoms with E-state index in [1.54, 1.807) is 12.1 Å². The summed E-state index contributed by atoms with van der Waals surface area (Å²) in [5.41, 5.74) is 0.220.